The van der Waals surface area contributed by atoms with Crippen molar-refractivity contribution in [1.29, 1.82) is 0 Å². The number of unbranched alkanes of at least 4 members (excludes halogenated alkanes) is 1. The second-order valence-corrected chi connectivity index (χ2v) is 4.84. The third-order valence-electron chi connectivity index (χ3n) is 3.56. The first-order valence-electron chi connectivity index (χ1n) is 6.23. The normalized spacial score (nSPS) is 19.1. The number of likely N-dealkylation sites (tertiary alicyclic amines) is 1. The highest BCUT2D eigenvalue weighted by Crippen LogP contribution is 2.16. The fourth-order valence-electron chi connectivity index (χ4n) is 1.99. The number of carbonyl (C=O) groups excluding carboxylic acids is 3. The number of nitrogens with two attached hydrogens (primary N) is 1. The van der Waals surface area contributed by atoms with Gasteiger partial charge in [0.15, 0.2) is 0 Å². The van der Waals surface area contributed by atoms with Gasteiger partial charge in [-0.3, -0.25) is 19.3 Å². The van der Waals surface area contributed by atoms with E-state index in [1.807, 2.05) is 0 Å². The third-order valence-corrected chi connectivity index (χ3v) is 3.56. The molecule has 0 bridgehead atoms. The lowest BCUT2D eigenvalue weighted by molar-refractivity contribution is -0.138. The SMILES string of the molecule is CNC(C)(CCCCN1C(=O)CCC1=O)C(N)=O. The zero-order valence-corrected chi connectivity index (χ0v) is 11.0. The summed E-state index contributed by atoms with van der Waals surface area (Å²) in [6, 6.07) is 0. The third kappa shape index (κ3) is 3.29. The molecule has 0 radical (unpaired) electrons. The highest BCUT2D eigenvalue weighted by Gasteiger charge is 2.30. The fourth-order valence-corrected chi connectivity index (χ4v) is 1.99. The van der Waals surface area contributed by atoms with Crippen molar-refractivity contribution in [2.75, 3.05) is 13.6 Å². The second kappa shape index (κ2) is 5.95. The molecule has 0 spiro atoms. The zero-order chi connectivity index (χ0) is 13.8. The summed E-state index contributed by atoms with van der Waals surface area (Å²) in [5, 5.41) is 2.90. The molecule has 102 valence electrons. The van der Waals surface area contributed by atoms with E-state index in [1.165, 1.54) is 4.90 Å². The van der Waals surface area contributed by atoms with Crippen LogP contribution in [0.3, 0.4) is 0 Å². The molecule has 1 unspecified atom stereocenters. The number of hydrogen-bond acceptors (Lipinski definition) is 4. The van der Waals surface area contributed by atoms with Gasteiger partial charge in [-0.25, -0.2) is 0 Å². The monoisotopic (exact) mass is 255 g/mol. The molecule has 3 amide bonds. The minimum Gasteiger partial charge on any atom is -0.368 e. The number of rotatable bonds is 7. The Morgan fingerprint density at radius 1 is 1.33 bits per heavy atom. The average Bonchev–Trinajstić information content (AvgIpc) is 2.64. The molecule has 0 aliphatic carbocycles. The molecule has 18 heavy (non-hydrogen) atoms. The molecule has 1 fully saturated rings. The van der Waals surface area contributed by atoms with Gasteiger partial charge in [0.25, 0.3) is 0 Å². The molecular weight excluding hydrogens is 234 g/mol. The van der Waals surface area contributed by atoms with E-state index >= 15 is 0 Å². The number of carbonyl (C=O) groups is 3. The van der Waals surface area contributed by atoms with Crippen LogP contribution in [0.5, 0.6) is 0 Å². The van der Waals surface area contributed by atoms with E-state index in [0.29, 0.717) is 32.2 Å². The van der Waals surface area contributed by atoms with Crippen molar-refractivity contribution in [2.45, 2.75) is 44.6 Å². The molecule has 1 saturated heterocycles. The van der Waals surface area contributed by atoms with E-state index in [4.69, 9.17) is 5.73 Å². The minimum absolute atomic E-state index is 0.0914. The van der Waals surface area contributed by atoms with E-state index in [-0.39, 0.29) is 11.8 Å². The van der Waals surface area contributed by atoms with Crippen molar-refractivity contribution < 1.29 is 14.4 Å². The van der Waals surface area contributed by atoms with Gasteiger partial charge in [0.1, 0.15) is 0 Å². The fraction of sp³-hybridized carbons (Fsp3) is 0.750. The van der Waals surface area contributed by atoms with Gasteiger partial charge in [-0.15, -0.1) is 0 Å². The number of amides is 3. The Hall–Kier alpha value is -1.43. The highest BCUT2D eigenvalue weighted by atomic mass is 16.2. The van der Waals surface area contributed by atoms with Crippen LogP contribution in [-0.4, -0.2) is 41.8 Å². The van der Waals surface area contributed by atoms with Crippen molar-refractivity contribution >= 4 is 17.7 Å². The van der Waals surface area contributed by atoms with Crippen LogP contribution in [0.1, 0.15) is 39.0 Å². The van der Waals surface area contributed by atoms with Gasteiger partial charge < -0.3 is 11.1 Å². The number of imide groups is 1. The van der Waals surface area contributed by atoms with Crippen LogP contribution < -0.4 is 11.1 Å². The lowest BCUT2D eigenvalue weighted by atomic mass is 9.94. The number of hydrogen-bond donors (Lipinski definition) is 2. The van der Waals surface area contributed by atoms with Gasteiger partial charge in [0.05, 0.1) is 5.54 Å². The van der Waals surface area contributed by atoms with Crippen molar-refractivity contribution in [2.24, 2.45) is 5.73 Å². The zero-order valence-electron chi connectivity index (χ0n) is 11.0. The standard InChI is InChI=1S/C12H21N3O3/c1-12(14-2,11(13)18)7-3-4-8-15-9(16)5-6-10(15)17/h14H,3-8H2,1-2H3,(H2,13,18). The Morgan fingerprint density at radius 2 is 1.89 bits per heavy atom. The predicted octanol–water partition coefficient (Wildman–Crippen LogP) is -0.231. The van der Waals surface area contributed by atoms with Crippen molar-refractivity contribution in [1.82, 2.24) is 10.2 Å². The van der Waals surface area contributed by atoms with Gasteiger partial charge >= 0.3 is 0 Å². The maximum Gasteiger partial charge on any atom is 0.237 e. The average molecular weight is 255 g/mol. The molecule has 6 nitrogen and oxygen atoms in total. The van der Waals surface area contributed by atoms with Gasteiger partial charge in [0, 0.05) is 19.4 Å². The van der Waals surface area contributed by atoms with Crippen molar-refractivity contribution in [3.63, 3.8) is 0 Å². The predicted molar refractivity (Wildman–Crippen MR) is 66.5 cm³/mol. The Labute approximate surface area is 107 Å². The first-order valence-corrected chi connectivity index (χ1v) is 6.23. The smallest absolute Gasteiger partial charge is 0.237 e. The molecule has 0 saturated carbocycles. The Bertz CT molecular complexity index is 340. The van der Waals surface area contributed by atoms with Gasteiger partial charge in [0.2, 0.25) is 17.7 Å². The molecule has 1 aliphatic heterocycles. The number of primary amides is 1. The van der Waals surface area contributed by atoms with Crippen molar-refractivity contribution in [3.05, 3.63) is 0 Å². The molecule has 0 aromatic rings. The maximum atomic E-state index is 11.4. The molecule has 1 heterocycles. The first kappa shape index (κ1) is 14.6. The minimum atomic E-state index is -0.723. The van der Waals surface area contributed by atoms with E-state index < -0.39 is 11.4 Å². The molecule has 0 aromatic heterocycles. The second-order valence-electron chi connectivity index (χ2n) is 4.84. The number of likely N-dealkylation sites (N-methyl/N-ethyl adjacent to an activating group) is 1. The summed E-state index contributed by atoms with van der Waals surface area (Å²) in [5.74, 6) is -0.573. The molecule has 1 atom stereocenters. The molecule has 1 rings (SSSR count). The Balaban J connectivity index is 2.32. The molecular formula is C12H21N3O3. The van der Waals surface area contributed by atoms with Crippen LogP contribution in [0, 0.1) is 0 Å². The van der Waals surface area contributed by atoms with E-state index in [9.17, 15) is 14.4 Å². The van der Waals surface area contributed by atoms with Gasteiger partial charge in [-0.2, -0.15) is 0 Å². The maximum absolute atomic E-state index is 11.4. The molecule has 1 aliphatic rings. The van der Waals surface area contributed by atoms with E-state index in [1.54, 1.807) is 14.0 Å². The lowest BCUT2D eigenvalue weighted by Gasteiger charge is -2.25. The van der Waals surface area contributed by atoms with Crippen LogP contribution in [0.4, 0.5) is 0 Å². The van der Waals surface area contributed by atoms with Gasteiger partial charge in [-0.1, -0.05) is 0 Å². The summed E-state index contributed by atoms with van der Waals surface area (Å²) in [6.07, 6.45) is 2.68. The van der Waals surface area contributed by atoms with Crippen molar-refractivity contribution in [3.8, 4) is 0 Å². The Morgan fingerprint density at radius 3 is 2.33 bits per heavy atom. The van der Waals surface area contributed by atoms with Gasteiger partial charge in [-0.05, 0) is 33.2 Å². The number of nitrogens with one attached hydrogen (secondary N) is 1. The summed E-state index contributed by atoms with van der Waals surface area (Å²) in [5.41, 5.74) is 4.59. The van der Waals surface area contributed by atoms with Crippen LogP contribution in [0.15, 0.2) is 0 Å². The topological polar surface area (TPSA) is 92.5 Å². The molecule has 6 heteroatoms. The van der Waals surface area contributed by atoms with E-state index in [0.717, 1.165) is 6.42 Å². The quantitative estimate of drug-likeness (QED) is 0.485. The summed E-state index contributed by atoms with van der Waals surface area (Å²) >= 11 is 0. The Kier molecular flexibility index (Phi) is 4.84. The number of nitrogens with zero attached hydrogens (tertiary/aromatic N) is 1. The molecule has 0 aromatic carbocycles. The summed E-state index contributed by atoms with van der Waals surface area (Å²) < 4.78 is 0. The largest absolute Gasteiger partial charge is 0.368 e. The lowest BCUT2D eigenvalue weighted by Crippen LogP contribution is -2.51. The summed E-state index contributed by atoms with van der Waals surface area (Å²) in [7, 11) is 1.69. The van der Waals surface area contributed by atoms with Crippen LogP contribution >= 0.6 is 0 Å². The summed E-state index contributed by atoms with van der Waals surface area (Å²) in [6.45, 7) is 2.19. The van der Waals surface area contributed by atoms with Crippen LogP contribution in [-0.2, 0) is 14.4 Å². The van der Waals surface area contributed by atoms with Crippen LogP contribution in [0.25, 0.3) is 0 Å². The van der Waals surface area contributed by atoms with Crippen LogP contribution in [0.2, 0.25) is 0 Å². The highest BCUT2D eigenvalue weighted by molar-refractivity contribution is 6.01. The molecule has 3 N–H and O–H groups in total. The first-order chi connectivity index (χ1) is 8.40. The summed E-state index contributed by atoms with van der Waals surface area (Å²) in [4.78, 5) is 35.3. The van der Waals surface area contributed by atoms with E-state index in [2.05, 4.69) is 5.32 Å².